The molecule has 0 bridgehead atoms. The molecule has 0 atom stereocenters. The first-order valence-corrected chi connectivity index (χ1v) is 9.35. The Morgan fingerprint density at radius 3 is 2.70 bits per heavy atom. The van der Waals surface area contributed by atoms with Gasteiger partial charge in [0.15, 0.2) is 5.65 Å². The summed E-state index contributed by atoms with van der Waals surface area (Å²) < 4.78 is 1.75. The van der Waals surface area contributed by atoms with Crippen LogP contribution in [-0.4, -0.2) is 34.8 Å². The molecule has 0 saturated heterocycles. The lowest BCUT2D eigenvalue weighted by Crippen LogP contribution is -2.17. The SMILES string of the molecule is Cc1nn(C)c2nc(C3CC3)cc(C(=O)Nc3cc(Cl)ccc3N(C)C)c12. The quantitative estimate of drug-likeness (QED) is 0.735. The van der Waals surface area contributed by atoms with Crippen molar-refractivity contribution in [3.05, 3.63) is 46.2 Å². The van der Waals surface area contributed by atoms with Crippen molar-refractivity contribution in [3.8, 4) is 0 Å². The summed E-state index contributed by atoms with van der Waals surface area (Å²) in [4.78, 5) is 19.9. The number of carbonyl (C=O) groups is 1. The summed E-state index contributed by atoms with van der Waals surface area (Å²) in [6.45, 7) is 1.90. The standard InChI is InChI=1S/C20H22ClN5O/c1-11-18-14(10-15(12-5-6-12)22-19(18)26(4)24-11)20(27)23-16-9-13(21)7-8-17(16)25(2)3/h7-10,12H,5-6H2,1-4H3,(H,23,27). The second-order valence-corrected chi connectivity index (χ2v) is 7.72. The van der Waals surface area contributed by atoms with Gasteiger partial charge in [0.25, 0.3) is 5.91 Å². The van der Waals surface area contributed by atoms with E-state index >= 15 is 0 Å². The Morgan fingerprint density at radius 1 is 1.30 bits per heavy atom. The van der Waals surface area contributed by atoms with E-state index in [2.05, 4.69) is 10.4 Å². The van der Waals surface area contributed by atoms with Gasteiger partial charge >= 0.3 is 0 Å². The zero-order valence-electron chi connectivity index (χ0n) is 15.9. The molecule has 1 aliphatic rings. The average molecular weight is 384 g/mol. The maximum absolute atomic E-state index is 13.2. The van der Waals surface area contributed by atoms with E-state index in [0.717, 1.165) is 41.0 Å². The number of aryl methyl sites for hydroxylation is 2. The average Bonchev–Trinajstić information content (AvgIpc) is 3.41. The molecule has 140 valence electrons. The van der Waals surface area contributed by atoms with E-state index in [-0.39, 0.29) is 5.91 Å². The summed E-state index contributed by atoms with van der Waals surface area (Å²) in [6, 6.07) is 7.40. The van der Waals surface area contributed by atoms with E-state index < -0.39 is 0 Å². The molecule has 7 heteroatoms. The first-order valence-electron chi connectivity index (χ1n) is 8.97. The van der Waals surface area contributed by atoms with Gasteiger partial charge in [-0.3, -0.25) is 9.48 Å². The molecule has 4 rings (SSSR count). The van der Waals surface area contributed by atoms with E-state index in [9.17, 15) is 4.79 Å². The largest absolute Gasteiger partial charge is 0.376 e. The first-order chi connectivity index (χ1) is 12.8. The molecular weight excluding hydrogens is 362 g/mol. The molecule has 0 radical (unpaired) electrons. The Balaban J connectivity index is 1.80. The molecule has 1 saturated carbocycles. The summed E-state index contributed by atoms with van der Waals surface area (Å²) in [6.07, 6.45) is 2.24. The van der Waals surface area contributed by atoms with Crippen molar-refractivity contribution in [1.29, 1.82) is 0 Å². The number of anilines is 2. The second kappa shape index (κ2) is 6.53. The maximum Gasteiger partial charge on any atom is 0.256 e. The molecule has 2 heterocycles. The summed E-state index contributed by atoms with van der Waals surface area (Å²) in [5, 5.41) is 8.88. The molecule has 3 aromatic rings. The molecule has 0 aliphatic heterocycles. The molecule has 1 aromatic carbocycles. The fourth-order valence-electron chi connectivity index (χ4n) is 3.42. The van der Waals surface area contributed by atoms with Gasteiger partial charge in [0, 0.05) is 37.8 Å². The van der Waals surface area contributed by atoms with Crippen LogP contribution in [0.3, 0.4) is 0 Å². The fourth-order valence-corrected chi connectivity index (χ4v) is 3.59. The highest BCUT2D eigenvalue weighted by atomic mass is 35.5. The van der Waals surface area contributed by atoms with Crippen LogP contribution in [0.4, 0.5) is 11.4 Å². The number of benzene rings is 1. The molecule has 0 unspecified atom stereocenters. The zero-order valence-corrected chi connectivity index (χ0v) is 16.6. The van der Waals surface area contributed by atoms with Crippen LogP contribution in [0.2, 0.25) is 5.02 Å². The number of hydrogen-bond donors (Lipinski definition) is 1. The van der Waals surface area contributed by atoms with Gasteiger partial charge in [-0.2, -0.15) is 5.10 Å². The van der Waals surface area contributed by atoms with Gasteiger partial charge < -0.3 is 10.2 Å². The fraction of sp³-hybridized carbons (Fsp3) is 0.350. The highest BCUT2D eigenvalue weighted by Crippen LogP contribution is 2.40. The zero-order chi connectivity index (χ0) is 19.3. The molecule has 2 aromatic heterocycles. The first kappa shape index (κ1) is 17.8. The number of carbonyl (C=O) groups excluding carboxylic acids is 1. The molecule has 6 nitrogen and oxygen atoms in total. The number of pyridine rings is 1. The summed E-state index contributed by atoms with van der Waals surface area (Å²) in [5.74, 6) is 0.269. The lowest BCUT2D eigenvalue weighted by atomic mass is 10.1. The minimum Gasteiger partial charge on any atom is -0.376 e. The summed E-state index contributed by atoms with van der Waals surface area (Å²) >= 11 is 6.16. The van der Waals surface area contributed by atoms with E-state index in [1.165, 1.54) is 0 Å². The highest BCUT2D eigenvalue weighted by Gasteiger charge is 2.28. The third kappa shape index (κ3) is 3.25. The lowest BCUT2D eigenvalue weighted by molar-refractivity contribution is 0.102. The number of aromatic nitrogens is 3. The predicted molar refractivity (Wildman–Crippen MR) is 109 cm³/mol. The predicted octanol–water partition coefficient (Wildman–Crippen LogP) is 4.13. The van der Waals surface area contributed by atoms with Gasteiger partial charge in [0.1, 0.15) is 0 Å². The maximum atomic E-state index is 13.2. The van der Waals surface area contributed by atoms with Crippen molar-refractivity contribution in [3.63, 3.8) is 0 Å². The Bertz CT molecular complexity index is 1050. The number of amides is 1. The Hall–Kier alpha value is -2.60. The highest BCUT2D eigenvalue weighted by molar-refractivity contribution is 6.31. The number of rotatable bonds is 4. The summed E-state index contributed by atoms with van der Waals surface area (Å²) in [5.41, 5.74) is 4.69. The van der Waals surface area contributed by atoms with Gasteiger partial charge in [-0.25, -0.2) is 4.98 Å². The van der Waals surface area contributed by atoms with Gasteiger partial charge in [0.2, 0.25) is 0 Å². The molecular formula is C20H22ClN5O. The number of halogens is 1. The van der Waals surface area contributed by atoms with Crippen molar-refractivity contribution in [2.45, 2.75) is 25.7 Å². The number of nitrogens with one attached hydrogen (secondary N) is 1. The van der Waals surface area contributed by atoms with E-state index in [1.807, 2.05) is 51.2 Å². The summed E-state index contributed by atoms with van der Waals surface area (Å²) in [7, 11) is 5.72. The van der Waals surface area contributed by atoms with Crippen molar-refractivity contribution in [1.82, 2.24) is 14.8 Å². The number of fused-ring (bicyclic) bond motifs is 1. The van der Waals surface area contributed by atoms with Crippen LogP contribution >= 0.6 is 11.6 Å². The van der Waals surface area contributed by atoms with Crippen LogP contribution in [0.1, 0.15) is 40.5 Å². The molecule has 0 spiro atoms. The molecule has 1 amide bonds. The Kier molecular flexibility index (Phi) is 4.30. The smallest absolute Gasteiger partial charge is 0.256 e. The van der Waals surface area contributed by atoms with Gasteiger partial charge in [-0.15, -0.1) is 0 Å². The van der Waals surface area contributed by atoms with E-state index in [1.54, 1.807) is 10.7 Å². The van der Waals surface area contributed by atoms with Crippen LogP contribution in [-0.2, 0) is 7.05 Å². The van der Waals surface area contributed by atoms with Crippen molar-refractivity contribution < 1.29 is 4.79 Å². The van der Waals surface area contributed by atoms with Crippen LogP contribution < -0.4 is 10.2 Å². The third-order valence-electron chi connectivity index (χ3n) is 4.92. The van der Waals surface area contributed by atoms with Crippen molar-refractivity contribution in [2.75, 3.05) is 24.3 Å². The molecule has 1 aliphatic carbocycles. The normalized spacial score (nSPS) is 13.8. The number of nitrogens with zero attached hydrogens (tertiary/aromatic N) is 4. The van der Waals surface area contributed by atoms with Crippen LogP contribution in [0, 0.1) is 6.92 Å². The molecule has 27 heavy (non-hydrogen) atoms. The van der Waals surface area contributed by atoms with Gasteiger partial charge in [0.05, 0.1) is 28.0 Å². The van der Waals surface area contributed by atoms with Gasteiger partial charge in [-0.1, -0.05) is 11.6 Å². The molecule has 1 fully saturated rings. The number of hydrogen-bond acceptors (Lipinski definition) is 4. The Morgan fingerprint density at radius 2 is 2.04 bits per heavy atom. The topological polar surface area (TPSA) is 63.1 Å². The van der Waals surface area contributed by atoms with Crippen LogP contribution in [0.5, 0.6) is 0 Å². The van der Waals surface area contributed by atoms with Gasteiger partial charge in [-0.05, 0) is 44.0 Å². The minimum absolute atomic E-state index is 0.175. The Labute approximate surface area is 163 Å². The lowest BCUT2D eigenvalue weighted by Gasteiger charge is -2.18. The van der Waals surface area contributed by atoms with Crippen LogP contribution in [0.25, 0.3) is 11.0 Å². The van der Waals surface area contributed by atoms with E-state index in [4.69, 9.17) is 16.6 Å². The van der Waals surface area contributed by atoms with Crippen molar-refractivity contribution >= 4 is 39.9 Å². The molecule has 1 N–H and O–H groups in total. The van der Waals surface area contributed by atoms with Crippen LogP contribution in [0.15, 0.2) is 24.3 Å². The second-order valence-electron chi connectivity index (χ2n) is 7.29. The van der Waals surface area contributed by atoms with E-state index in [0.29, 0.717) is 22.2 Å². The third-order valence-corrected chi connectivity index (χ3v) is 5.15. The minimum atomic E-state index is -0.175. The monoisotopic (exact) mass is 383 g/mol. The van der Waals surface area contributed by atoms with Crippen molar-refractivity contribution in [2.24, 2.45) is 7.05 Å².